The fourth-order valence-corrected chi connectivity index (χ4v) is 3.78. The van der Waals surface area contributed by atoms with Crippen LogP contribution < -0.4 is 0 Å². The molecule has 0 aromatic rings. The van der Waals surface area contributed by atoms with E-state index in [1.54, 1.807) is 0 Å². The molecule has 0 amide bonds. The maximum absolute atomic E-state index is 5.77. The minimum absolute atomic E-state index is 0.503. The first-order valence-electron chi connectivity index (χ1n) is 7.68. The maximum Gasteiger partial charge on any atom is 0.0648 e. The van der Waals surface area contributed by atoms with E-state index in [9.17, 15) is 0 Å². The lowest BCUT2D eigenvalue weighted by Gasteiger charge is -2.37. The molecule has 18 heavy (non-hydrogen) atoms. The maximum atomic E-state index is 5.77. The molecular formula is C17H28O. The largest absolute Gasteiger partial charge is 0.374 e. The van der Waals surface area contributed by atoms with Crippen molar-refractivity contribution in [3.05, 3.63) is 25.3 Å². The van der Waals surface area contributed by atoms with E-state index in [2.05, 4.69) is 19.2 Å². The van der Waals surface area contributed by atoms with E-state index in [1.807, 2.05) is 6.08 Å². The normalized spacial score (nSPS) is 37.1. The van der Waals surface area contributed by atoms with Crippen molar-refractivity contribution in [2.24, 2.45) is 17.8 Å². The van der Waals surface area contributed by atoms with Gasteiger partial charge in [0.1, 0.15) is 0 Å². The quantitative estimate of drug-likeness (QED) is 0.638. The standard InChI is InChI=1S/C17H28O/c1-3-13-18-17-11-9-16(10-12-17)15-7-5-14(4-2)6-8-15/h3-4,14-17H,1-2,5-13H2. The molecule has 2 aliphatic rings. The Labute approximate surface area is 112 Å². The van der Waals surface area contributed by atoms with Crippen molar-refractivity contribution in [2.75, 3.05) is 6.61 Å². The monoisotopic (exact) mass is 248 g/mol. The van der Waals surface area contributed by atoms with E-state index in [4.69, 9.17) is 4.74 Å². The Morgan fingerprint density at radius 2 is 1.39 bits per heavy atom. The molecule has 2 saturated carbocycles. The van der Waals surface area contributed by atoms with Gasteiger partial charge in [0, 0.05) is 0 Å². The average Bonchev–Trinajstić information content (AvgIpc) is 2.46. The highest BCUT2D eigenvalue weighted by Crippen LogP contribution is 2.40. The lowest BCUT2D eigenvalue weighted by molar-refractivity contribution is 0.0220. The minimum atomic E-state index is 0.503. The Kier molecular flexibility index (Phi) is 5.49. The number of rotatable bonds is 5. The molecule has 2 rings (SSSR count). The first-order valence-corrected chi connectivity index (χ1v) is 7.68. The number of hydrogen-bond acceptors (Lipinski definition) is 1. The molecule has 0 aromatic heterocycles. The third kappa shape index (κ3) is 3.71. The van der Waals surface area contributed by atoms with Crippen molar-refractivity contribution in [3.8, 4) is 0 Å². The molecule has 102 valence electrons. The Bertz CT molecular complexity index is 255. The Morgan fingerprint density at radius 3 is 1.89 bits per heavy atom. The van der Waals surface area contributed by atoms with E-state index in [1.165, 1.54) is 51.4 Å². The average molecular weight is 248 g/mol. The van der Waals surface area contributed by atoms with Crippen LogP contribution in [0.5, 0.6) is 0 Å². The zero-order valence-corrected chi connectivity index (χ0v) is 11.7. The van der Waals surface area contributed by atoms with Crippen molar-refractivity contribution in [1.82, 2.24) is 0 Å². The predicted octanol–water partition coefficient (Wildman–Crippen LogP) is 4.74. The lowest BCUT2D eigenvalue weighted by atomic mass is 9.70. The summed E-state index contributed by atoms with van der Waals surface area (Å²) in [4.78, 5) is 0. The van der Waals surface area contributed by atoms with Gasteiger partial charge in [-0.3, -0.25) is 0 Å². The highest BCUT2D eigenvalue weighted by molar-refractivity contribution is 4.87. The van der Waals surface area contributed by atoms with Crippen molar-refractivity contribution < 1.29 is 4.74 Å². The number of hydrogen-bond donors (Lipinski definition) is 0. The first-order chi connectivity index (χ1) is 8.83. The predicted molar refractivity (Wildman–Crippen MR) is 77.5 cm³/mol. The molecule has 0 radical (unpaired) electrons. The molecule has 2 fully saturated rings. The zero-order chi connectivity index (χ0) is 12.8. The van der Waals surface area contributed by atoms with Crippen LogP contribution in [0.3, 0.4) is 0 Å². The number of allylic oxidation sites excluding steroid dienone is 1. The molecule has 0 aromatic carbocycles. The third-order valence-electron chi connectivity index (χ3n) is 4.99. The van der Waals surface area contributed by atoms with Crippen LogP contribution in [0.1, 0.15) is 51.4 Å². The summed E-state index contributed by atoms with van der Waals surface area (Å²) in [6.07, 6.45) is 15.4. The molecule has 0 spiro atoms. The summed E-state index contributed by atoms with van der Waals surface area (Å²) in [5, 5.41) is 0. The van der Waals surface area contributed by atoms with Gasteiger partial charge in [-0.25, -0.2) is 0 Å². The van der Waals surface area contributed by atoms with Gasteiger partial charge in [-0.2, -0.15) is 0 Å². The van der Waals surface area contributed by atoms with E-state index >= 15 is 0 Å². The van der Waals surface area contributed by atoms with Gasteiger partial charge in [-0.05, 0) is 69.1 Å². The van der Waals surface area contributed by atoms with Crippen LogP contribution in [0.25, 0.3) is 0 Å². The molecule has 0 N–H and O–H groups in total. The Hall–Kier alpha value is -0.560. The molecule has 0 unspecified atom stereocenters. The van der Waals surface area contributed by atoms with Gasteiger partial charge in [0.2, 0.25) is 0 Å². The minimum Gasteiger partial charge on any atom is -0.374 e. The fourth-order valence-electron chi connectivity index (χ4n) is 3.78. The van der Waals surface area contributed by atoms with Gasteiger partial charge in [0.05, 0.1) is 12.7 Å². The second-order valence-corrected chi connectivity index (χ2v) is 6.07. The molecule has 1 heteroatoms. The van der Waals surface area contributed by atoms with Gasteiger partial charge in [-0.15, -0.1) is 13.2 Å². The zero-order valence-electron chi connectivity index (χ0n) is 11.7. The van der Waals surface area contributed by atoms with Crippen LogP contribution in [0.2, 0.25) is 0 Å². The fraction of sp³-hybridized carbons (Fsp3) is 0.765. The van der Waals surface area contributed by atoms with Gasteiger partial charge in [-0.1, -0.05) is 12.2 Å². The summed E-state index contributed by atoms with van der Waals surface area (Å²) in [5.74, 6) is 2.76. The second kappa shape index (κ2) is 7.13. The molecule has 0 bridgehead atoms. The molecule has 0 saturated heterocycles. The lowest BCUT2D eigenvalue weighted by Crippen LogP contribution is -2.28. The summed E-state index contributed by atoms with van der Waals surface area (Å²) in [7, 11) is 0. The van der Waals surface area contributed by atoms with Crippen molar-refractivity contribution in [3.63, 3.8) is 0 Å². The summed E-state index contributed by atoms with van der Waals surface area (Å²) in [6, 6.07) is 0. The first kappa shape index (κ1) is 13.9. The van der Waals surface area contributed by atoms with E-state index < -0.39 is 0 Å². The van der Waals surface area contributed by atoms with E-state index in [0.717, 1.165) is 24.4 Å². The molecule has 0 atom stereocenters. The third-order valence-corrected chi connectivity index (χ3v) is 4.99. The van der Waals surface area contributed by atoms with Crippen molar-refractivity contribution in [1.29, 1.82) is 0 Å². The molecule has 1 nitrogen and oxygen atoms in total. The van der Waals surface area contributed by atoms with Crippen LogP contribution >= 0.6 is 0 Å². The highest BCUT2D eigenvalue weighted by Gasteiger charge is 2.30. The van der Waals surface area contributed by atoms with Crippen molar-refractivity contribution >= 4 is 0 Å². The van der Waals surface area contributed by atoms with Gasteiger partial charge in [0.15, 0.2) is 0 Å². The smallest absolute Gasteiger partial charge is 0.0648 e. The molecule has 0 aliphatic heterocycles. The summed E-state index contributed by atoms with van der Waals surface area (Å²) >= 11 is 0. The molecular weight excluding hydrogens is 220 g/mol. The van der Waals surface area contributed by atoms with Gasteiger partial charge in [0.25, 0.3) is 0 Å². The van der Waals surface area contributed by atoms with Crippen LogP contribution in [-0.4, -0.2) is 12.7 Å². The van der Waals surface area contributed by atoms with Crippen molar-refractivity contribution in [2.45, 2.75) is 57.5 Å². The van der Waals surface area contributed by atoms with Crippen LogP contribution in [0, 0.1) is 17.8 Å². The SMILES string of the molecule is C=CCOC1CCC(C2CCC(C=C)CC2)CC1. The molecule has 0 heterocycles. The summed E-state index contributed by atoms with van der Waals surface area (Å²) < 4.78 is 5.77. The highest BCUT2D eigenvalue weighted by atomic mass is 16.5. The molecule has 2 aliphatic carbocycles. The topological polar surface area (TPSA) is 9.23 Å². The summed E-state index contributed by atoms with van der Waals surface area (Å²) in [6.45, 7) is 8.37. The van der Waals surface area contributed by atoms with Crippen LogP contribution in [-0.2, 0) is 4.74 Å². The second-order valence-electron chi connectivity index (χ2n) is 6.07. The Morgan fingerprint density at radius 1 is 0.833 bits per heavy atom. The van der Waals surface area contributed by atoms with Gasteiger partial charge < -0.3 is 4.74 Å². The summed E-state index contributed by atoms with van der Waals surface area (Å²) in [5.41, 5.74) is 0. The van der Waals surface area contributed by atoms with E-state index in [0.29, 0.717) is 6.10 Å². The van der Waals surface area contributed by atoms with Gasteiger partial charge >= 0.3 is 0 Å². The van der Waals surface area contributed by atoms with Crippen LogP contribution in [0.4, 0.5) is 0 Å². The number of ether oxygens (including phenoxy) is 1. The van der Waals surface area contributed by atoms with Crippen LogP contribution in [0.15, 0.2) is 25.3 Å². The Balaban J connectivity index is 1.70. The van der Waals surface area contributed by atoms with E-state index in [-0.39, 0.29) is 0 Å².